The largest absolute Gasteiger partial charge is 0.438 e. The highest BCUT2D eigenvalue weighted by Gasteiger charge is 2.40. The fraction of sp³-hybridized carbons (Fsp3) is 0.0714. The summed E-state index contributed by atoms with van der Waals surface area (Å²) in [7, 11) is -3.78. The van der Waals surface area contributed by atoms with Crippen molar-refractivity contribution >= 4 is 38.1 Å². The van der Waals surface area contributed by atoms with Crippen LogP contribution in [0.15, 0.2) is 105 Å². The molecule has 5 heteroatoms. The fourth-order valence-corrected chi connectivity index (χ4v) is 6.40. The number of hydrogen-bond donors (Lipinski definition) is 0. The van der Waals surface area contributed by atoms with Gasteiger partial charge in [0.25, 0.3) is 0 Å². The monoisotopic (exact) mass is 451 g/mol. The fourth-order valence-electron chi connectivity index (χ4n) is 4.59. The van der Waals surface area contributed by atoms with Crippen LogP contribution in [-0.2, 0) is 9.84 Å². The molecule has 5 aromatic rings. The molecular formula is C28H21NO3S. The average Bonchev–Trinajstić information content (AvgIpc) is 3.20. The van der Waals surface area contributed by atoms with E-state index in [0.717, 1.165) is 27.9 Å². The van der Waals surface area contributed by atoms with Gasteiger partial charge < -0.3 is 4.42 Å². The van der Waals surface area contributed by atoms with Gasteiger partial charge in [0.2, 0.25) is 15.7 Å². The predicted octanol–water partition coefficient (Wildman–Crippen LogP) is 7.33. The van der Waals surface area contributed by atoms with E-state index < -0.39 is 9.84 Å². The number of nitrogens with zero attached hydrogens (tertiary/aromatic N) is 1. The van der Waals surface area contributed by atoms with Gasteiger partial charge in [-0.1, -0.05) is 66.2 Å². The summed E-state index contributed by atoms with van der Waals surface area (Å²) in [5.41, 5.74) is 5.91. The lowest BCUT2D eigenvalue weighted by Gasteiger charge is -2.31. The summed E-state index contributed by atoms with van der Waals surface area (Å²) >= 11 is 0. The highest BCUT2D eigenvalue weighted by atomic mass is 32.2. The molecule has 0 spiro atoms. The quantitative estimate of drug-likeness (QED) is 0.276. The molecule has 2 heterocycles. The van der Waals surface area contributed by atoms with Gasteiger partial charge in [0.1, 0.15) is 10.5 Å². The third-order valence-electron chi connectivity index (χ3n) is 6.13. The second kappa shape index (κ2) is 7.09. The summed E-state index contributed by atoms with van der Waals surface area (Å²) < 4.78 is 34.0. The van der Waals surface area contributed by atoms with Gasteiger partial charge in [-0.3, -0.25) is 4.90 Å². The van der Waals surface area contributed by atoms with Crippen molar-refractivity contribution in [2.45, 2.75) is 23.6 Å². The third-order valence-corrected chi connectivity index (χ3v) is 7.97. The van der Waals surface area contributed by atoms with Crippen molar-refractivity contribution in [1.29, 1.82) is 0 Å². The minimum atomic E-state index is -3.78. The zero-order chi connectivity index (χ0) is 22.7. The Morgan fingerprint density at radius 3 is 2.24 bits per heavy atom. The van der Waals surface area contributed by atoms with Crippen LogP contribution in [-0.4, -0.2) is 8.42 Å². The first-order valence-electron chi connectivity index (χ1n) is 10.8. The van der Waals surface area contributed by atoms with Crippen molar-refractivity contribution in [2.24, 2.45) is 0 Å². The number of anilines is 3. The molecule has 0 bridgehead atoms. The average molecular weight is 452 g/mol. The summed E-state index contributed by atoms with van der Waals surface area (Å²) in [6, 6.07) is 29.3. The number of furan rings is 1. The van der Waals surface area contributed by atoms with Gasteiger partial charge in [-0.2, -0.15) is 0 Å². The van der Waals surface area contributed by atoms with Gasteiger partial charge >= 0.3 is 0 Å². The number of para-hydroxylation sites is 1. The highest BCUT2D eigenvalue weighted by molar-refractivity contribution is 7.92. The van der Waals surface area contributed by atoms with Crippen LogP contribution >= 0.6 is 0 Å². The van der Waals surface area contributed by atoms with E-state index in [4.69, 9.17) is 4.42 Å². The minimum absolute atomic E-state index is 0.224. The van der Waals surface area contributed by atoms with Crippen molar-refractivity contribution in [2.75, 3.05) is 4.90 Å². The lowest BCUT2D eigenvalue weighted by molar-refractivity contribution is 0.581. The number of sulfone groups is 1. The first-order chi connectivity index (χ1) is 15.9. The van der Waals surface area contributed by atoms with Crippen LogP contribution in [0.2, 0.25) is 0 Å². The number of rotatable bonds is 2. The number of benzene rings is 4. The molecule has 33 heavy (non-hydrogen) atoms. The van der Waals surface area contributed by atoms with Crippen LogP contribution in [0.4, 0.5) is 17.3 Å². The standard InChI is InChI=1S/C28H21NO3S/c1-18-13-15-25-22(16-18)27-28(32-25)29(24-14-12-19(2)17-26(24)33(27,30)31)23-11-7-6-10-21(23)20-8-4-3-5-9-20/h3-17H,1-2H3. The molecule has 0 radical (unpaired) electrons. The van der Waals surface area contributed by atoms with Gasteiger partial charge in [-0.15, -0.1) is 0 Å². The van der Waals surface area contributed by atoms with Crippen molar-refractivity contribution in [3.8, 4) is 11.1 Å². The zero-order valence-electron chi connectivity index (χ0n) is 18.2. The summed E-state index contributed by atoms with van der Waals surface area (Å²) in [5.74, 6) is 0.329. The van der Waals surface area contributed by atoms with Gasteiger partial charge in [0.15, 0.2) is 0 Å². The maximum atomic E-state index is 13.9. The Balaban J connectivity index is 1.74. The second-order valence-corrected chi connectivity index (χ2v) is 10.3. The summed E-state index contributed by atoms with van der Waals surface area (Å²) in [6.45, 7) is 3.86. The molecule has 1 aromatic heterocycles. The molecule has 0 unspecified atom stereocenters. The van der Waals surface area contributed by atoms with Crippen LogP contribution in [0.1, 0.15) is 11.1 Å². The van der Waals surface area contributed by atoms with Crippen LogP contribution < -0.4 is 4.90 Å². The van der Waals surface area contributed by atoms with Gasteiger partial charge in [0, 0.05) is 10.9 Å². The van der Waals surface area contributed by atoms with Crippen molar-refractivity contribution in [3.05, 3.63) is 102 Å². The smallest absolute Gasteiger partial charge is 0.225 e. The Morgan fingerprint density at radius 1 is 0.727 bits per heavy atom. The Kier molecular flexibility index (Phi) is 4.26. The van der Waals surface area contributed by atoms with E-state index in [0.29, 0.717) is 27.4 Å². The van der Waals surface area contributed by atoms with Crippen LogP contribution in [0.3, 0.4) is 0 Å². The molecule has 4 aromatic carbocycles. The Bertz CT molecular complexity index is 1650. The Morgan fingerprint density at radius 2 is 1.42 bits per heavy atom. The summed E-state index contributed by atoms with van der Waals surface area (Å²) in [6.07, 6.45) is 0. The lowest BCUT2D eigenvalue weighted by Crippen LogP contribution is -2.21. The molecule has 1 aliphatic heterocycles. The maximum Gasteiger partial charge on any atom is 0.225 e. The molecule has 0 saturated heterocycles. The van der Waals surface area contributed by atoms with E-state index in [9.17, 15) is 8.42 Å². The van der Waals surface area contributed by atoms with Crippen LogP contribution in [0.25, 0.3) is 22.1 Å². The predicted molar refractivity (Wildman–Crippen MR) is 131 cm³/mol. The molecule has 0 saturated carbocycles. The molecule has 0 amide bonds. The molecule has 6 rings (SSSR count). The van der Waals surface area contributed by atoms with Gasteiger partial charge in [-0.25, -0.2) is 8.42 Å². The SMILES string of the molecule is Cc1ccc2c(c1)S(=O)(=O)c1c(oc3ccc(C)cc13)N2c1ccccc1-c1ccccc1. The normalized spacial score (nSPS) is 14.2. The van der Waals surface area contributed by atoms with Crippen molar-refractivity contribution in [3.63, 3.8) is 0 Å². The molecule has 162 valence electrons. The molecule has 0 atom stereocenters. The molecule has 0 N–H and O–H groups in total. The van der Waals surface area contributed by atoms with Gasteiger partial charge in [0.05, 0.1) is 16.3 Å². The molecule has 4 nitrogen and oxygen atoms in total. The number of fused-ring (bicyclic) bond motifs is 4. The minimum Gasteiger partial charge on any atom is -0.438 e. The van der Waals surface area contributed by atoms with E-state index >= 15 is 0 Å². The maximum absolute atomic E-state index is 13.9. The molecule has 1 aliphatic rings. The van der Waals surface area contributed by atoms with E-state index in [1.807, 2.05) is 91.5 Å². The lowest BCUT2D eigenvalue weighted by atomic mass is 10.0. The van der Waals surface area contributed by atoms with E-state index in [2.05, 4.69) is 12.1 Å². The van der Waals surface area contributed by atoms with E-state index in [1.54, 1.807) is 6.07 Å². The first kappa shape index (κ1) is 19.8. The number of aryl methyl sites for hydroxylation is 2. The Labute approximate surface area is 192 Å². The first-order valence-corrected chi connectivity index (χ1v) is 12.3. The molecule has 0 aliphatic carbocycles. The van der Waals surface area contributed by atoms with E-state index in [-0.39, 0.29) is 4.90 Å². The van der Waals surface area contributed by atoms with Crippen LogP contribution in [0, 0.1) is 13.8 Å². The summed E-state index contributed by atoms with van der Waals surface area (Å²) in [5, 5.41) is 0.611. The Hall–Kier alpha value is -3.83. The highest BCUT2D eigenvalue weighted by Crippen LogP contribution is 2.53. The van der Waals surface area contributed by atoms with E-state index in [1.165, 1.54) is 0 Å². The van der Waals surface area contributed by atoms with Crippen LogP contribution in [0.5, 0.6) is 0 Å². The third kappa shape index (κ3) is 2.93. The van der Waals surface area contributed by atoms with Crippen molar-refractivity contribution in [1.82, 2.24) is 0 Å². The molecular weight excluding hydrogens is 430 g/mol. The number of hydrogen-bond acceptors (Lipinski definition) is 4. The topological polar surface area (TPSA) is 50.5 Å². The van der Waals surface area contributed by atoms with Gasteiger partial charge in [-0.05, 0) is 55.3 Å². The zero-order valence-corrected chi connectivity index (χ0v) is 19.1. The van der Waals surface area contributed by atoms with Crippen molar-refractivity contribution < 1.29 is 12.8 Å². The second-order valence-electron chi connectivity index (χ2n) is 8.43. The molecule has 0 fully saturated rings. The summed E-state index contributed by atoms with van der Waals surface area (Å²) in [4.78, 5) is 2.47.